The second kappa shape index (κ2) is 7.87. The molecule has 3 heterocycles. The number of methoxy groups -OCH3 is 1. The van der Waals surface area contributed by atoms with Crippen LogP contribution < -0.4 is 0 Å². The molecule has 3 aromatic heterocycles. The monoisotopic (exact) mass is 404 g/mol. The van der Waals surface area contributed by atoms with Gasteiger partial charge in [-0.3, -0.25) is 4.68 Å². The largest absolute Gasteiger partial charge is 0.385 e. The van der Waals surface area contributed by atoms with Crippen LogP contribution in [0.2, 0.25) is 0 Å². The normalized spacial score (nSPS) is 18.1. The van der Waals surface area contributed by atoms with Crippen molar-refractivity contribution in [1.82, 2.24) is 29.7 Å². The summed E-state index contributed by atoms with van der Waals surface area (Å²) in [4.78, 5) is 17.2. The third kappa shape index (κ3) is 3.43. The number of hydrogen-bond donors (Lipinski definition) is 0. The van der Waals surface area contributed by atoms with Crippen LogP contribution in [0.25, 0.3) is 22.6 Å². The number of benzene rings is 1. The van der Waals surface area contributed by atoms with E-state index in [-0.39, 0.29) is 5.82 Å². The number of ether oxygens (including phenoxy) is 1. The first-order valence-corrected chi connectivity index (χ1v) is 9.98. The quantitative estimate of drug-likeness (QED) is 0.437. The number of nitrogens with zero attached hydrogens (tertiary/aromatic N) is 6. The van der Waals surface area contributed by atoms with Gasteiger partial charge in [0.05, 0.1) is 6.20 Å². The molecule has 4 aromatic rings. The minimum absolute atomic E-state index is 0.239. The number of aryl methyl sites for hydroxylation is 1. The van der Waals surface area contributed by atoms with E-state index in [0.29, 0.717) is 42.2 Å². The lowest BCUT2D eigenvalue weighted by Crippen LogP contribution is -2.04. The smallest absolute Gasteiger partial charge is 0.197 e. The van der Waals surface area contributed by atoms with E-state index in [1.165, 1.54) is 0 Å². The van der Waals surface area contributed by atoms with Crippen molar-refractivity contribution in [1.29, 1.82) is 0 Å². The Hall–Kier alpha value is -3.26. The highest BCUT2D eigenvalue weighted by Crippen LogP contribution is 2.55. The van der Waals surface area contributed by atoms with Gasteiger partial charge >= 0.3 is 0 Å². The molecule has 0 N–H and O–H groups in total. The highest BCUT2D eigenvalue weighted by atomic mass is 19.1. The summed E-state index contributed by atoms with van der Waals surface area (Å²) in [7, 11) is 1.66. The molecular formula is C22H21FN6O. The fourth-order valence-electron chi connectivity index (χ4n) is 4.00. The molecule has 0 radical (unpaired) electrons. The summed E-state index contributed by atoms with van der Waals surface area (Å²) in [6.45, 7) is 1.25. The lowest BCUT2D eigenvalue weighted by Gasteiger charge is -2.07. The number of rotatable bonds is 7. The zero-order chi connectivity index (χ0) is 20.5. The van der Waals surface area contributed by atoms with Crippen molar-refractivity contribution in [3.05, 3.63) is 66.1 Å². The van der Waals surface area contributed by atoms with E-state index in [4.69, 9.17) is 4.74 Å². The predicted molar refractivity (Wildman–Crippen MR) is 109 cm³/mol. The van der Waals surface area contributed by atoms with Gasteiger partial charge in [-0.15, -0.1) is 0 Å². The van der Waals surface area contributed by atoms with Crippen molar-refractivity contribution in [2.45, 2.75) is 31.2 Å². The highest BCUT2D eigenvalue weighted by molar-refractivity contribution is 5.84. The van der Waals surface area contributed by atoms with Crippen LogP contribution in [0.5, 0.6) is 0 Å². The number of hydrogen-bond acceptors (Lipinski definition) is 6. The van der Waals surface area contributed by atoms with Gasteiger partial charge in [0, 0.05) is 50.4 Å². The fraction of sp³-hybridized carbons (Fsp3) is 0.318. The first-order valence-electron chi connectivity index (χ1n) is 9.98. The summed E-state index contributed by atoms with van der Waals surface area (Å²) >= 11 is 0. The maximum Gasteiger partial charge on any atom is 0.197 e. The van der Waals surface area contributed by atoms with Crippen molar-refractivity contribution in [3.8, 4) is 11.6 Å². The summed E-state index contributed by atoms with van der Waals surface area (Å²) < 4.78 is 21.4. The molecule has 0 aliphatic heterocycles. The maximum absolute atomic E-state index is 14.6. The molecule has 0 spiro atoms. The van der Waals surface area contributed by atoms with Crippen molar-refractivity contribution in [2.75, 3.05) is 13.7 Å². The van der Waals surface area contributed by atoms with Crippen LogP contribution in [0.3, 0.4) is 0 Å². The van der Waals surface area contributed by atoms with Gasteiger partial charge in [0.15, 0.2) is 11.6 Å². The van der Waals surface area contributed by atoms with Crippen LogP contribution in [0.4, 0.5) is 4.39 Å². The Morgan fingerprint density at radius 1 is 1.03 bits per heavy atom. The molecule has 8 heteroatoms. The van der Waals surface area contributed by atoms with Crippen molar-refractivity contribution < 1.29 is 9.13 Å². The molecule has 0 saturated heterocycles. The lowest BCUT2D eigenvalue weighted by atomic mass is 10.0. The second-order valence-corrected chi connectivity index (χ2v) is 7.47. The minimum Gasteiger partial charge on any atom is -0.385 e. The zero-order valence-electron chi connectivity index (χ0n) is 16.6. The van der Waals surface area contributed by atoms with Crippen LogP contribution in [0.1, 0.15) is 35.8 Å². The third-order valence-corrected chi connectivity index (χ3v) is 5.56. The number of aromatic nitrogens is 6. The molecule has 1 saturated carbocycles. The van der Waals surface area contributed by atoms with Crippen LogP contribution in [0.15, 0.2) is 49.2 Å². The summed E-state index contributed by atoms with van der Waals surface area (Å²) in [6.07, 6.45) is 10.6. The molecule has 0 amide bonds. The van der Waals surface area contributed by atoms with Gasteiger partial charge < -0.3 is 4.74 Å². The van der Waals surface area contributed by atoms with E-state index in [1.54, 1.807) is 42.5 Å². The van der Waals surface area contributed by atoms with E-state index in [9.17, 15) is 4.39 Å². The van der Waals surface area contributed by atoms with E-state index in [0.717, 1.165) is 29.4 Å². The Kier molecular flexibility index (Phi) is 4.92. The van der Waals surface area contributed by atoms with E-state index in [2.05, 4.69) is 25.0 Å². The fourth-order valence-corrected chi connectivity index (χ4v) is 4.00. The number of halogens is 1. The Labute approximate surface area is 173 Å². The summed E-state index contributed by atoms with van der Waals surface area (Å²) in [6, 6.07) is 5.19. The molecule has 2 atom stereocenters. The van der Waals surface area contributed by atoms with Gasteiger partial charge in [0.1, 0.15) is 11.3 Å². The van der Waals surface area contributed by atoms with E-state index in [1.807, 2.05) is 18.5 Å². The lowest BCUT2D eigenvalue weighted by molar-refractivity contribution is 0.189. The molecule has 0 unspecified atom stereocenters. The minimum atomic E-state index is -0.239. The van der Waals surface area contributed by atoms with Crippen molar-refractivity contribution in [2.24, 2.45) is 0 Å². The predicted octanol–water partition coefficient (Wildman–Crippen LogP) is 3.73. The van der Waals surface area contributed by atoms with Gasteiger partial charge in [0.25, 0.3) is 0 Å². The average Bonchev–Trinajstić information content (AvgIpc) is 3.47. The van der Waals surface area contributed by atoms with Gasteiger partial charge in [-0.1, -0.05) is 6.07 Å². The van der Waals surface area contributed by atoms with Gasteiger partial charge in [-0.05, 0) is 47.9 Å². The Morgan fingerprint density at radius 2 is 1.80 bits per heavy atom. The molecule has 1 aliphatic carbocycles. The Bertz CT molecular complexity index is 1160. The zero-order valence-corrected chi connectivity index (χ0v) is 16.6. The van der Waals surface area contributed by atoms with Gasteiger partial charge in [0.2, 0.25) is 0 Å². The SMILES string of the molecule is COCCCn1ncc2c([C@@H]3C[C@@H]3c3cnc(-c4ncccn4)nc3)ccc(F)c21. The highest BCUT2D eigenvalue weighted by Gasteiger charge is 2.41. The van der Waals surface area contributed by atoms with Crippen molar-refractivity contribution in [3.63, 3.8) is 0 Å². The van der Waals surface area contributed by atoms with Crippen molar-refractivity contribution >= 4 is 10.9 Å². The molecule has 1 aliphatic rings. The first-order chi connectivity index (χ1) is 14.8. The summed E-state index contributed by atoms with van der Waals surface area (Å²) in [5, 5.41) is 5.31. The summed E-state index contributed by atoms with van der Waals surface area (Å²) in [5.41, 5.74) is 2.77. The Morgan fingerprint density at radius 3 is 2.57 bits per heavy atom. The standard InChI is InChI=1S/C22H21FN6O/c1-30-9-3-8-29-20-18(13-28-29)15(4-5-19(20)23)17-10-16(17)14-11-26-22(27-12-14)21-24-6-2-7-25-21/h2,4-7,11-13,16-17H,3,8-10H2,1H3/t16-,17+/m1/s1. The topological polar surface area (TPSA) is 78.6 Å². The molecular weight excluding hydrogens is 383 g/mol. The van der Waals surface area contributed by atoms with Crippen LogP contribution >= 0.6 is 0 Å². The maximum atomic E-state index is 14.6. The third-order valence-electron chi connectivity index (χ3n) is 5.56. The molecule has 1 aromatic carbocycles. The number of fused-ring (bicyclic) bond motifs is 1. The molecule has 5 rings (SSSR count). The molecule has 7 nitrogen and oxygen atoms in total. The van der Waals surface area contributed by atoms with Gasteiger partial charge in [-0.25, -0.2) is 24.3 Å². The average molecular weight is 404 g/mol. The van der Waals surface area contributed by atoms with E-state index < -0.39 is 0 Å². The molecule has 152 valence electrons. The van der Waals surface area contributed by atoms with Crippen LogP contribution in [0, 0.1) is 5.82 Å². The Balaban J connectivity index is 1.38. The summed E-state index contributed by atoms with van der Waals surface area (Å²) in [5.74, 6) is 1.42. The second-order valence-electron chi connectivity index (χ2n) is 7.47. The molecule has 30 heavy (non-hydrogen) atoms. The van der Waals surface area contributed by atoms with Gasteiger partial charge in [-0.2, -0.15) is 5.10 Å². The molecule has 0 bridgehead atoms. The first kappa shape index (κ1) is 18.7. The molecule has 1 fully saturated rings. The van der Waals surface area contributed by atoms with Crippen LogP contribution in [-0.2, 0) is 11.3 Å². The van der Waals surface area contributed by atoms with E-state index >= 15 is 0 Å². The van der Waals surface area contributed by atoms with Crippen LogP contribution in [-0.4, -0.2) is 43.4 Å².